The molecule has 0 spiro atoms. The van der Waals surface area contributed by atoms with Crippen LogP contribution in [0.5, 0.6) is 17.2 Å². The van der Waals surface area contributed by atoms with E-state index in [0.717, 1.165) is 12.1 Å². The molecule has 0 unspecified atom stereocenters. The van der Waals surface area contributed by atoms with Crippen LogP contribution in [0.1, 0.15) is 46.5 Å². The van der Waals surface area contributed by atoms with E-state index in [1.54, 1.807) is 54.3 Å². The van der Waals surface area contributed by atoms with Gasteiger partial charge in [-0.3, -0.25) is 4.79 Å². The molecule has 1 N–H and O–H groups in total. The smallest absolute Gasteiger partial charge is 0.416 e. The number of carbonyl (C=O) groups excluding carboxylic acids is 1. The fourth-order valence-corrected chi connectivity index (χ4v) is 4.03. The summed E-state index contributed by atoms with van der Waals surface area (Å²) >= 11 is 0. The highest BCUT2D eigenvalue weighted by atomic mass is 19.4. The van der Waals surface area contributed by atoms with E-state index in [1.165, 1.54) is 19.9 Å². The first kappa shape index (κ1) is 26.1. The van der Waals surface area contributed by atoms with Crippen molar-refractivity contribution in [2.45, 2.75) is 45.5 Å². The fourth-order valence-electron chi connectivity index (χ4n) is 4.03. The van der Waals surface area contributed by atoms with Crippen LogP contribution in [0.25, 0.3) is 0 Å². The Morgan fingerprint density at radius 2 is 1.68 bits per heavy atom. The summed E-state index contributed by atoms with van der Waals surface area (Å²) in [5.41, 5.74) is 0.301. The van der Waals surface area contributed by atoms with E-state index in [9.17, 15) is 27.9 Å². The van der Waals surface area contributed by atoms with Crippen molar-refractivity contribution in [1.82, 2.24) is 4.90 Å². The molecule has 6 nitrogen and oxygen atoms in total. The summed E-state index contributed by atoms with van der Waals surface area (Å²) in [4.78, 5) is 26.1. The molecule has 3 aromatic carbocycles. The Labute approximate surface area is 212 Å². The SMILES string of the molecule is Cc1cc(Oc2cccc(C(=O)N3CCc4cc(C(F)(F)F)ccc4C3)c2)ccc1OC(C)(C)C(=O)O. The normalized spacial score (nSPS) is 13.6. The van der Waals surface area contributed by atoms with Crippen LogP contribution in [0.15, 0.2) is 60.7 Å². The summed E-state index contributed by atoms with van der Waals surface area (Å²) in [5.74, 6) is -0.00726. The van der Waals surface area contributed by atoms with E-state index in [0.29, 0.717) is 52.5 Å². The molecule has 1 aliphatic rings. The van der Waals surface area contributed by atoms with Gasteiger partial charge in [-0.2, -0.15) is 13.2 Å². The van der Waals surface area contributed by atoms with E-state index >= 15 is 0 Å². The van der Waals surface area contributed by atoms with Crippen LogP contribution in [-0.2, 0) is 23.9 Å². The van der Waals surface area contributed by atoms with Gasteiger partial charge in [0.05, 0.1) is 5.56 Å². The number of nitrogens with zero attached hydrogens (tertiary/aromatic N) is 1. The van der Waals surface area contributed by atoms with Gasteiger partial charge in [-0.05, 0) is 92.4 Å². The number of fused-ring (bicyclic) bond motifs is 1. The van der Waals surface area contributed by atoms with Crippen molar-refractivity contribution in [3.05, 3.63) is 88.5 Å². The maximum atomic E-state index is 13.2. The number of carbonyl (C=O) groups is 2. The minimum absolute atomic E-state index is 0.227. The molecule has 0 saturated heterocycles. The van der Waals surface area contributed by atoms with Crippen molar-refractivity contribution < 1.29 is 37.3 Å². The standard InChI is InChI=1S/C28H26F3NO5/c1-17-13-23(9-10-24(17)37-27(2,3)26(34)35)36-22-6-4-5-19(15-22)25(33)32-12-11-18-14-21(28(29,30)31)8-7-20(18)16-32/h4-10,13-15H,11-12,16H2,1-3H3,(H,34,35). The molecule has 1 amide bonds. The molecule has 194 valence electrons. The number of halogens is 3. The van der Waals surface area contributed by atoms with E-state index in [4.69, 9.17) is 9.47 Å². The lowest BCUT2D eigenvalue weighted by atomic mass is 9.96. The maximum absolute atomic E-state index is 13.2. The number of amides is 1. The number of aryl methyl sites for hydroxylation is 1. The van der Waals surface area contributed by atoms with Crippen LogP contribution in [0, 0.1) is 6.92 Å². The summed E-state index contributed by atoms with van der Waals surface area (Å²) in [6.45, 7) is 5.23. The summed E-state index contributed by atoms with van der Waals surface area (Å²) in [6.07, 6.45) is -4.06. The molecule has 0 bridgehead atoms. The Morgan fingerprint density at radius 1 is 0.946 bits per heavy atom. The molecule has 1 heterocycles. The van der Waals surface area contributed by atoms with E-state index < -0.39 is 23.3 Å². The molecule has 4 rings (SSSR count). The summed E-state index contributed by atoms with van der Waals surface area (Å²) in [7, 11) is 0. The van der Waals surface area contributed by atoms with Gasteiger partial charge in [-0.15, -0.1) is 0 Å². The zero-order valence-corrected chi connectivity index (χ0v) is 20.6. The molecule has 1 aliphatic heterocycles. The van der Waals surface area contributed by atoms with Crippen LogP contribution in [0.3, 0.4) is 0 Å². The molecule has 9 heteroatoms. The second-order valence-corrected chi connectivity index (χ2v) is 9.43. The molecule has 0 radical (unpaired) electrons. The molecule has 0 atom stereocenters. The van der Waals surface area contributed by atoms with Gasteiger partial charge in [0, 0.05) is 18.7 Å². The van der Waals surface area contributed by atoms with Crippen LogP contribution in [0.4, 0.5) is 13.2 Å². The molecule has 0 aliphatic carbocycles. The van der Waals surface area contributed by atoms with E-state index in [-0.39, 0.29) is 12.5 Å². The Hall–Kier alpha value is -4.01. The van der Waals surface area contributed by atoms with Gasteiger partial charge in [0.2, 0.25) is 0 Å². The number of carboxylic acids is 1. The van der Waals surface area contributed by atoms with Crippen LogP contribution in [-0.4, -0.2) is 34.0 Å². The fraction of sp³-hybridized carbons (Fsp3) is 0.286. The number of aliphatic carboxylic acids is 1. The molecule has 0 aromatic heterocycles. The first-order chi connectivity index (χ1) is 17.3. The lowest BCUT2D eigenvalue weighted by molar-refractivity contribution is -0.152. The topological polar surface area (TPSA) is 76.1 Å². The van der Waals surface area contributed by atoms with Gasteiger partial charge in [0.1, 0.15) is 17.2 Å². The monoisotopic (exact) mass is 513 g/mol. The molecular formula is C28H26F3NO5. The van der Waals surface area contributed by atoms with Crippen molar-refractivity contribution in [3.63, 3.8) is 0 Å². The van der Waals surface area contributed by atoms with E-state index in [1.807, 2.05) is 0 Å². The predicted molar refractivity (Wildman–Crippen MR) is 130 cm³/mol. The van der Waals surface area contributed by atoms with Crippen LogP contribution in [0.2, 0.25) is 0 Å². The first-order valence-corrected chi connectivity index (χ1v) is 11.6. The highest BCUT2D eigenvalue weighted by Crippen LogP contribution is 2.33. The van der Waals surface area contributed by atoms with E-state index in [2.05, 4.69) is 0 Å². The van der Waals surface area contributed by atoms with Crippen molar-refractivity contribution in [2.75, 3.05) is 6.54 Å². The summed E-state index contributed by atoms with van der Waals surface area (Å²) in [5, 5.41) is 9.27. The summed E-state index contributed by atoms with van der Waals surface area (Å²) in [6, 6.07) is 15.3. The average Bonchev–Trinajstić information content (AvgIpc) is 2.84. The Balaban J connectivity index is 1.46. The Kier molecular flexibility index (Phi) is 6.90. The van der Waals surface area contributed by atoms with Gasteiger partial charge >= 0.3 is 12.1 Å². The zero-order valence-electron chi connectivity index (χ0n) is 20.6. The van der Waals surface area contributed by atoms with Gasteiger partial charge in [0.25, 0.3) is 5.91 Å². The lowest BCUT2D eigenvalue weighted by Gasteiger charge is -2.29. The number of rotatable bonds is 6. The predicted octanol–water partition coefficient (Wildman–Crippen LogP) is 6.25. The number of ether oxygens (including phenoxy) is 2. The molecule has 0 fully saturated rings. The second-order valence-electron chi connectivity index (χ2n) is 9.43. The lowest BCUT2D eigenvalue weighted by Crippen LogP contribution is -2.38. The largest absolute Gasteiger partial charge is 0.478 e. The molecular weight excluding hydrogens is 487 g/mol. The highest BCUT2D eigenvalue weighted by Gasteiger charge is 2.32. The average molecular weight is 514 g/mol. The Bertz CT molecular complexity index is 1350. The quantitative estimate of drug-likeness (QED) is 0.422. The molecule has 0 saturated carbocycles. The number of alkyl halides is 3. The van der Waals surface area contributed by atoms with Gasteiger partial charge in [-0.1, -0.05) is 12.1 Å². The second kappa shape index (κ2) is 9.80. The number of carboxylic acid groups (broad SMARTS) is 1. The van der Waals surface area contributed by atoms with Crippen LogP contribution >= 0.6 is 0 Å². The minimum Gasteiger partial charge on any atom is -0.478 e. The molecule has 37 heavy (non-hydrogen) atoms. The minimum atomic E-state index is -4.40. The van der Waals surface area contributed by atoms with Crippen molar-refractivity contribution in [3.8, 4) is 17.2 Å². The third-order valence-electron chi connectivity index (χ3n) is 6.18. The van der Waals surface area contributed by atoms with Gasteiger partial charge < -0.3 is 19.5 Å². The van der Waals surface area contributed by atoms with Crippen molar-refractivity contribution in [2.24, 2.45) is 0 Å². The highest BCUT2D eigenvalue weighted by molar-refractivity contribution is 5.94. The molecule has 3 aromatic rings. The number of hydrogen-bond donors (Lipinski definition) is 1. The third-order valence-corrected chi connectivity index (χ3v) is 6.18. The maximum Gasteiger partial charge on any atom is 0.416 e. The van der Waals surface area contributed by atoms with Crippen molar-refractivity contribution >= 4 is 11.9 Å². The van der Waals surface area contributed by atoms with Crippen LogP contribution < -0.4 is 9.47 Å². The third kappa shape index (κ3) is 5.87. The first-order valence-electron chi connectivity index (χ1n) is 11.6. The number of hydrogen-bond acceptors (Lipinski definition) is 4. The van der Waals surface area contributed by atoms with Gasteiger partial charge in [0.15, 0.2) is 5.60 Å². The summed E-state index contributed by atoms with van der Waals surface area (Å²) < 4.78 is 50.6. The Morgan fingerprint density at radius 3 is 2.35 bits per heavy atom. The van der Waals surface area contributed by atoms with Crippen molar-refractivity contribution in [1.29, 1.82) is 0 Å². The zero-order chi connectivity index (χ0) is 27.0. The number of benzene rings is 3. The van der Waals surface area contributed by atoms with Gasteiger partial charge in [-0.25, -0.2) is 4.79 Å².